The maximum Gasteiger partial charge on any atom is 0.262 e. The van der Waals surface area contributed by atoms with Crippen molar-refractivity contribution in [3.8, 4) is 5.88 Å². The van der Waals surface area contributed by atoms with Crippen molar-refractivity contribution >= 4 is 11.6 Å². The summed E-state index contributed by atoms with van der Waals surface area (Å²) in [6, 6.07) is 25.8. The van der Waals surface area contributed by atoms with Gasteiger partial charge in [-0.2, -0.15) is 0 Å². The van der Waals surface area contributed by atoms with E-state index >= 15 is 0 Å². The topological polar surface area (TPSA) is 56.2 Å². The zero-order valence-corrected chi connectivity index (χ0v) is 17.7. The maximum absolute atomic E-state index is 13.1. The van der Waals surface area contributed by atoms with E-state index in [1.807, 2.05) is 86.6 Å². The van der Waals surface area contributed by atoms with Crippen LogP contribution in [0, 0.1) is 13.8 Å². The second-order valence-corrected chi connectivity index (χ2v) is 7.64. The average Bonchev–Trinajstić information content (AvgIpc) is 3.16. The summed E-state index contributed by atoms with van der Waals surface area (Å²) in [5.74, 6) is 0.0778. The molecule has 0 aliphatic carbocycles. The Labute approximate surface area is 182 Å². The summed E-state index contributed by atoms with van der Waals surface area (Å²) in [6.07, 6.45) is 1.74. The number of ether oxygens (including phenoxy) is 1. The number of amides is 1. The highest BCUT2D eigenvalue weighted by molar-refractivity contribution is 6.05. The molecule has 5 heteroatoms. The zero-order chi connectivity index (χ0) is 21.6. The molecule has 0 bridgehead atoms. The van der Waals surface area contributed by atoms with Gasteiger partial charge < -0.3 is 10.1 Å². The summed E-state index contributed by atoms with van der Waals surface area (Å²) in [7, 11) is 0. The van der Waals surface area contributed by atoms with Gasteiger partial charge >= 0.3 is 0 Å². The highest BCUT2D eigenvalue weighted by Crippen LogP contribution is 2.21. The second kappa shape index (κ2) is 9.30. The fraction of sp³-hybridized carbons (Fsp3) is 0.154. The molecule has 0 aliphatic heterocycles. The number of aryl methyl sites for hydroxylation is 2. The number of anilines is 1. The number of benzene rings is 3. The van der Waals surface area contributed by atoms with Gasteiger partial charge in [-0.25, -0.2) is 0 Å². The van der Waals surface area contributed by atoms with Crippen molar-refractivity contribution in [3.05, 3.63) is 113 Å². The lowest BCUT2D eigenvalue weighted by atomic mass is 10.1. The summed E-state index contributed by atoms with van der Waals surface area (Å²) < 4.78 is 7.70. The molecule has 4 aromatic rings. The first-order chi connectivity index (χ1) is 15.1. The molecule has 156 valence electrons. The van der Waals surface area contributed by atoms with Crippen LogP contribution in [0.2, 0.25) is 0 Å². The molecule has 0 unspecified atom stereocenters. The summed E-state index contributed by atoms with van der Waals surface area (Å²) in [6.45, 7) is 4.91. The molecule has 1 aromatic heterocycles. The van der Waals surface area contributed by atoms with E-state index in [0.717, 1.165) is 27.9 Å². The van der Waals surface area contributed by atoms with Crippen LogP contribution >= 0.6 is 0 Å². The lowest BCUT2D eigenvalue weighted by molar-refractivity contribution is 0.102. The van der Waals surface area contributed by atoms with E-state index in [4.69, 9.17) is 4.74 Å². The van der Waals surface area contributed by atoms with Gasteiger partial charge in [0.2, 0.25) is 5.88 Å². The molecule has 0 saturated carbocycles. The minimum absolute atomic E-state index is 0.243. The SMILES string of the molecule is Cc1cc(C)cc(NC(=O)c2cn(Cc3ccccc3)nc2OCc2ccccc2)c1. The summed E-state index contributed by atoms with van der Waals surface area (Å²) >= 11 is 0. The van der Waals surface area contributed by atoms with E-state index in [1.165, 1.54) is 0 Å². The molecule has 1 N–H and O–H groups in total. The number of carbonyl (C=O) groups excluding carboxylic acids is 1. The van der Waals surface area contributed by atoms with Gasteiger partial charge in [-0.05, 0) is 48.2 Å². The number of nitrogens with zero attached hydrogens (tertiary/aromatic N) is 2. The standard InChI is InChI=1S/C26H25N3O2/c1-19-13-20(2)15-23(14-19)27-25(30)24-17-29(16-21-9-5-3-6-10-21)28-26(24)31-18-22-11-7-4-8-12-22/h3-15,17H,16,18H2,1-2H3,(H,27,30). The molecular weight excluding hydrogens is 386 g/mol. The Hall–Kier alpha value is -3.86. The third-order valence-corrected chi connectivity index (χ3v) is 4.86. The van der Waals surface area contributed by atoms with Gasteiger partial charge in [-0.3, -0.25) is 9.48 Å². The lowest BCUT2D eigenvalue weighted by Gasteiger charge is -2.08. The number of hydrogen-bond donors (Lipinski definition) is 1. The lowest BCUT2D eigenvalue weighted by Crippen LogP contribution is -2.13. The van der Waals surface area contributed by atoms with Gasteiger partial charge in [0.25, 0.3) is 5.91 Å². The van der Waals surface area contributed by atoms with Gasteiger partial charge in [0, 0.05) is 11.9 Å². The summed E-state index contributed by atoms with van der Waals surface area (Å²) in [5.41, 5.74) is 5.46. The van der Waals surface area contributed by atoms with Crippen LogP contribution in [0.5, 0.6) is 5.88 Å². The Bertz CT molecular complexity index is 1150. The molecule has 1 amide bonds. The fourth-order valence-corrected chi connectivity index (χ4v) is 3.49. The molecule has 0 saturated heterocycles. The van der Waals surface area contributed by atoms with E-state index in [-0.39, 0.29) is 5.91 Å². The highest BCUT2D eigenvalue weighted by atomic mass is 16.5. The van der Waals surface area contributed by atoms with Crippen molar-refractivity contribution in [3.63, 3.8) is 0 Å². The highest BCUT2D eigenvalue weighted by Gasteiger charge is 2.19. The van der Waals surface area contributed by atoms with Gasteiger partial charge in [0.05, 0.1) is 6.54 Å². The number of hydrogen-bond acceptors (Lipinski definition) is 3. The van der Waals surface area contributed by atoms with Gasteiger partial charge in [0.1, 0.15) is 12.2 Å². The largest absolute Gasteiger partial charge is 0.471 e. The van der Waals surface area contributed by atoms with Crippen molar-refractivity contribution in [2.75, 3.05) is 5.32 Å². The van der Waals surface area contributed by atoms with E-state index in [9.17, 15) is 4.79 Å². The second-order valence-electron chi connectivity index (χ2n) is 7.64. The molecule has 4 rings (SSSR count). The first-order valence-electron chi connectivity index (χ1n) is 10.2. The van der Waals surface area contributed by atoms with Crippen molar-refractivity contribution in [1.29, 1.82) is 0 Å². The van der Waals surface area contributed by atoms with Crippen LogP contribution in [0.3, 0.4) is 0 Å². The van der Waals surface area contributed by atoms with Gasteiger partial charge in [0.15, 0.2) is 0 Å². The van der Waals surface area contributed by atoms with Gasteiger partial charge in [-0.1, -0.05) is 66.7 Å². The maximum atomic E-state index is 13.1. The van der Waals surface area contributed by atoms with Crippen molar-refractivity contribution in [2.24, 2.45) is 0 Å². The van der Waals surface area contributed by atoms with Crippen molar-refractivity contribution in [1.82, 2.24) is 9.78 Å². The minimum atomic E-state index is -0.243. The average molecular weight is 412 g/mol. The third-order valence-electron chi connectivity index (χ3n) is 4.86. The predicted octanol–water partition coefficient (Wildman–Crippen LogP) is 5.38. The molecule has 31 heavy (non-hydrogen) atoms. The number of nitrogens with one attached hydrogen (secondary N) is 1. The molecule has 0 radical (unpaired) electrons. The smallest absolute Gasteiger partial charge is 0.262 e. The third kappa shape index (κ3) is 5.39. The molecular formula is C26H25N3O2. The van der Waals surface area contributed by atoms with Gasteiger partial charge in [-0.15, -0.1) is 5.10 Å². The van der Waals surface area contributed by atoms with Crippen LogP contribution < -0.4 is 10.1 Å². The van der Waals surface area contributed by atoms with E-state index in [2.05, 4.69) is 16.5 Å². The minimum Gasteiger partial charge on any atom is -0.471 e. The van der Waals surface area contributed by atoms with Crippen LogP contribution in [-0.4, -0.2) is 15.7 Å². The molecule has 3 aromatic carbocycles. The normalized spacial score (nSPS) is 10.6. The predicted molar refractivity (Wildman–Crippen MR) is 122 cm³/mol. The number of aromatic nitrogens is 2. The Kier molecular flexibility index (Phi) is 6.13. The summed E-state index contributed by atoms with van der Waals surface area (Å²) in [4.78, 5) is 13.1. The fourth-order valence-electron chi connectivity index (χ4n) is 3.49. The van der Waals surface area contributed by atoms with Crippen LogP contribution in [0.25, 0.3) is 0 Å². The zero-order valence-electron chi connectivity index (χ0n) is 17.7. The van der Waals surface area contributed by atoms with Crippen LogP contribution in [-0.2, 0) is 13.2 Å². The number of carbonyl (C=O) groups is 1. The number of rotatable bonds is 7. The first-order valence-corrected chi connectivity index (χ1v) is 10.2. The van der Waals surface area contributed by atoms with Crippen molar-refractivity contribution in [2.45, 2.75) is 27.0 Å². The Morgan fingerprint density at radius 2 is 1.52 bits per heavy atom. The molecule has 0 atom stereocenters. The van der Waals surface area contributed by atoms with Crippen LogP contribution in [0.15, 0.2) is 85.1 Å². The first kappa shape index (κ1) is 20.4. The molecule has 0 aliphatic rings. The summed E-state index contributed by atoms with van der Waals surface area (Å²) in [5, 5.41) is 7.54. The van der Waals surface area contributed by atoms with Crippen molar-refractivity contribution < 1.29 is 9.53 Å². The quantitative estimate of drug-likeness (QED) is 0.444. The van der Waals surface area contributed by atoms with Crippen LogP contribution in [0.1, 0.15) is 32.6 Å². The molecule has 1 heterocycles. The Morgan fingerprint density at radius 3 is 2.16 bits per heavy atom. The Morgan fingerprint density at radius 1 is 0.903 bits per heavy atom. The molecule has 0 spiro atoms. The van der Waals surface area contributed by atoms with Crippen LogP contribution in [0.4, 0.5) is 5.69 Å². The monoisotopic (exact) mass is 411 g/mol. The van der Waals surface area contributed by atoms with E-state index in [1.54, 1.807) is 10.9 Å². The Balaban J connectivity index is 1.59. The van der Waals surface area contributed by atoms with E-state index < -0.39 is 0 Å². The van der Waals surface area contributed by atoms with E-state index in [0.29, 0.717) is 24.6 Å². The molecule has 5 nitrogen and oxygen atoms in total. The molecule has 0 fully saturated rings.